The van der Waals surface area contributed by atoms with Crippen molar-refractivity contribution in [3.05, 3.63) is 35.7 Å². The Balaban J connectivity index is 2.38. The molecule has 0 spiro atoms. The van der Waals surface area contributed by atoms with Crippen molar-refractivity contribution in [2.75, 3.05) is 7.11 Å². The smallest absolute Gasteiger partial charge is 0.215 e. The van der Waals surface area contributed by atoms with Crippen molar-refractivity contribution in [2.45, 2.75) is 12.9 Å². The summed E-state index contributed by atoms with van der Waals surface area (Å²) in [6.45, 7) is 0.267. The number of nitrogens with zero attached hydrogens (tertiary/aromatic N) is 3. The van der Waals surface area contributed by atoms with Crippen LogP contribution in [0.4, 0.5) is 0 Å². The Kier molecular flexibility index (Phi) is 3.56. The maximum atomic E-state index is 9.72. The maximum Gasteiger partial charge on any atom is 0.215 e. The SMILES string of the molecule is COCc1cc(O)n(-c2cc(C(O)O)ccn2)n1. The van der Waals surface area contributed by atoms with E-state index in [4.69, 9.17) is 14.9 Å². The van der Waals surface area contributed by atoms with Crippen LogP contribution < -0.4 is 0 Å². The quantitative estimate of drug-likeness (QED) is 0.666. The molecule has 2 aromatic rings. The van der Waals surface area contributed by atoms with Gasteiger partial charge in [-0.2, -0.15) is 9.78 Å². The van der Waals surface area contributed by atoms with E-state index < -0.39 is 6.29 Å². The van der Waals surface area contributed by atoms with Gasteiger partial charge in [-0.3, -0.25) is 0 Å². The van der Waals surface area contributed by atoms with Gasteiger partial charge in [-0.25, -0.2) is 4.98 Å². The predicted octanol–water partition coefficient (Wildman–Crippen LogP) is 0.102. The lowest BCUT2D eigenvalue weighted by atomic mass is 10.2. The molecule has 0 unspecified atom stereocenters. The van der Waals surface area contributed by atoms with Crippen LogP contribution >= 0.6 is 0 Å². The Bertz CT molecular complexity index is 539. The minimum atomic E-state index is -1.59. The fourth-order valence-corrected chi connectivity index (χ4v) is 1.52. The van der Waals surface area contributed by atoms with Gasteiger partial charge in [-0.1, -0.05) is 0 Å². The second kappa shape index (κ2) is 5.13. The average molecular weight is 251 g/mol. The molecule has 0 amide bonds. The topological polar surface area (TPSA) is 101 Å². The Morgan fingerprint density at radius 3 is 2.83 bits per heavy atom. The molecule has 0 aliphatic rings. The lowest BCUT2D eigenvalue weighted by Gasteiger charge is -2.06. The average Bonchev–Trinajstić information content (AvgIpc) is 2.71. The molecule has 0 atom stereocenters. The molecule has 96 valence electrons. The summed E-state index contributed by atoms with van der Waals surface area (Å²) < 4.78 is 6.10. The van der Waals surface area contributed by atoms with E-state index in [1.165, 1.54) is 36.2 Å². The first-order chi connectivity index (χ1) is 8.61. The van der Waals surface area contributed by atoms with Crippen LogP contribution in [0.3, 0.4) is 0 Å². The van der Waals surface area contributed by atoms with E-state index >= 15 is 0 Å². The third kappa shape index (κ3) is 2.48. The molecule has 3 N–H and O–H groups in total. The van der Waals surface area contributed by atoms with Gasteiger partial charge in [0.05, 0.1) is 12.3 Å². The van der Waals surface area contributed by atoms with E-state index in [1.807, 2.05) is 0 Å². The number of hydrogen-bond donors (Lipinski definition) is 3. The molecule has 7 nitrogen and oxygen atoms in total. The highest BCUT2D eigenvalue weighted by atomic mass is 16.5. The van der Waals surface area contributed by atoms with Crippen molar-refractivity contribution in [2.24, 2.45) is 0 Å². The molecule has 0 saturated carbocycles. The van der Waals surface area contributed by atoms with Gasteiger partial charge in [-0.05, 0) is 12.1 Å². The molecule has 2 rings (SSSR count). The fraction of sp³-hybridized carbons (Fsp3) is 0.273. The normalized spacial score (nSPS) is 11.1. The van der Waals surface area contributed by atoms with Crippen LogP contribution in [-0.4, -0.2) is 37.2 Å². The summed E-state index contributed by atoms with van der Waals surface area (Å²) >= 11 is 0. The minimum Gasteiger partial charge on any atom is -0.493 e. The second-order valence-corrected chi connectivity index (χ2v) is 3.66. The van der Waals surface area contributed by atoms with Crippen molar-refractivity contribution in [3.8, 4) is 11.7 Å². The zero-order valence-electron chi connectivity index (χ0n) is 9.69. The zero-order valence-corrected chi connectivity index (χ0v) is 9.69. The van der Waals surface area contributed by atoms with E-state index in [0.717, 1.165) is 0 Å². The number of aromatic hydroxyl groups is 1. The van der Waals surface area contributed by atoms with E-state index in [0.29, 0.717) is 11.5 Å². The molecule has 0 fully saturated rings. The van der Waals surface area contributed by atoms with Crippen LogP contribution in [0.2, 0.25) is 0 Å². The van der Waals surface area contributed by atoms with Crippen LogP contribution in [-0.2, 0) is 11.3 Å². The first kappa shape index (κ1) is 12.5. The Hall–Kier alpha value is -1.96. The van der Waals surface area contributed by atoms with Gasteiger partial charge in [0.1, 0.15) is 0 Å². The van der Waals surface area contributed by atoms with Crippen LogP contribution in [0.1, 0.15) is 17.5 Å². The molecule has 0 aromatic carbocycles. The minimum absolute atomic E-state index is 0.0980. The molecule has 0 saturated heterocycles. The van der Waals surface area contributed by atoms with Gasteiger partial charge >= 0.3 is 0 Å². The number of aliphatic hydroxyl groups excluding tert-OH is 1. The Labute approximate surface area is 103 Å². The summed E-state index contributed by atoms with van der Waals surface area (Å²) in [5, 5.41) is 31.9. The maximum absolute atomic E-state index is 9.72. The number of pyridine rings is 1. The highest BCUT2D eigenvalue weighted by Crippen LogP contribution is 2.19. The summed E-state index contributed by atoms with van der Waals surface area (Å²) in [6.07, 6.45) is -0.191. The van der Waals surface area contributed by atoms with Gasteiger partial charge in [0.25, 0.3) is 0 Å². The molecule has 0 aliphatic heterocycles. The number of methoxy groups -OCH3 is 1. The predicted molar refractivity (Wildman–Crippen MR) is 60.9 cm³/mol. The molecule has 7 heteroatoms. The molecule has 2 heterocycles. The van der Waals surface area contributed by atoms with E-state index in [2.05, 4.69) is 10.1 Å². The summed E-state index contributed by atoms with van der Waals surface area (Å²) in [5.41, 5.74) is 0.815. The number of aliphatic hydroxyl groups is 2. The summed E-state index contributed by atoms with van der Waals surface area (Å²) in [4.78, 5) is 4.00. The van der Waals surface area contributed by atoms with E-state index in [9.17, 15) is 5.11 Å². The Morgan fingerprint density at radius 1 is 1.39 bits per heavy atom. The van der Waals surface area contributed by atoms with Crippen LogP contribution in [0.5, 0.6) is 5.88 Å². The Morgan fingerprint density at radius 2 is 2.17 bits per heavy atom. The highest BCUT2D eigenvalue weighted by Gasteiger charge is 2.11. The molecule has 0 radical (unpaired) electrons. The molecule has 18 heavy (non-hydrogen) atoms. The van der Waals surface area contributed by atoms with Crippen LogP contribution in [0, 0.1) is 0 Å². The van der Waals surface area contributed by atoms with Crippen LogP contribution in [0.15, 0.2) is 24.4 Å². The number of ether oxygens (including phenoxy) is 1. The standard InChI is InChI=1S/C11H13N3O4/c1-18-6-8-5-10(15)14(13-8)9-4-7(11(16)17)2-3-12-9/h2-5,11,15-17H,6H2,1H3. The number of aromatic nitrogens is 3. The van der Waals surface area contributed by atoms with Gasteiger partial charge in [0.15, 0.2) is 12.1 Å². The number of hydrogen-bond acceptors (Lipinski definition) is 6. The van der Waals surface area contributed by atoms with E-state index in [-0.39, 0.29) is 18.1 Å². The highest BCUT2D eigenvalue weighted by molar-refractivity contribution is 5.32. The molecular weight excluding hydrogens is 238 g/mol. The van der Waals surface area contributed by atoms with Gasteiger partial charge in [0, 0.05) is 24.9 Å². The summed E-state index contributed by atoms with van der Waals surface area (Å²) in [5.74, 6) is 0.194. The van der Waals surface area contributed by atoms with Crippen LogP contribution in [0.25, 0.3) is 5.82 Å². The summed E-state index contributed by atoms with van der Waals surface area (Å²) in [6, 6.07) is 4.34. The largest absolute Gasteiger partial charge is 0.493 e. The lowest BCUT2D eigenvalue weighted by Crippen LogP contribution is -2.03. The third-order valence-corrected chi connectivity index (χ3v) is 2.32. The van der Waals surface area contributed by atoms with Gasteiger partial charge in [0.2, 0.25) is 5.88 Å². The van der Waals surface area contributed by atoms with Crippen molar-refractivity contribution < 1.29 is 20.1 Å². The van der Waals surface area contributed by atoms with Crippen molar-refractivity contribution >= 4 is 0 Å². The van der Waals surface area contributed by atoms with Gasteiger partial charge < -0.3 is 20.1 Å². The van der Waals surface area contributed by atoms with Crippen molar-refractivity contribution in [3.63, 3.8) is 0 Å². The van der Waals surface area contributed by atoms with E-state index in [1.54, 1.807) is 0 Å². The lowest BCUT2D eigenvalue weighted by molar-refractivity contribution is -0.0425. The molecule has 2 aromatic heterocycles. The monoisotopic (exact) mass is 251 g/mol. The second-order valence-electron chi connectivity index (χ2n) is 3.66. The third-order valence-electron chi connectivity index (χ3n) is 2.32. The zero-order chi connectivity index (χ0) is 13.1. The number of rotatable bonds is 4. The fourth-order valence-electron chi connectivity index (χ4n) is 1.52. The summed E-state index contributed by atoms with van der Waals surface area (Å²) in [7, 11) is 1.52. The van der Waals surface area contributed by atoms with Gasteiger partial charge in [-0.15, -0.1) is 0 Å². The molecular formula is C11H13N3O4. The molecule has 0 bridgehead atoms. The van der Waals surface area contributed by atoms with Crippen molar-refractivity contribution in [1.29, 1.82) is 0 Å². The first-order valence-electron chi connectivity index (χ1n) is 5.21. The molecule has 0 aliphatic carbocycles. The first-order valence-corrected chi connectivity index (χ1v) is 5.21. The van der Waals surface area contributed by atoms with Crippen molar-refractivity contribution in [1.82, 2.24) is 14.8 Å².